The second kappa shape index (κ2) is 13.2. The molecule has 202 valence electrons. The van der Waals surface area contributed by atoms with E-state index < -0.39 is 0 Å². The van der Waals surface area contributed by atoms with E-state index in [2.05, 4.69) is 35.3 Å². The van der Waals surface area contributed by atoms with Gasteiger partial charge in [0.1, 0.15) is 0 Å². The van der Waals surface area contributed by atoms with Crippen molar-refractivity contribution < 1.29 is 23.7 Å². The molecule has 0 aliphatic carbocycles. The first kappa shape index (κ1) is 27.3. The molecule has 0 spiro atoms. The monoisotopic (exact) mass is 518 g/mol. The predicted octanol–water partition coefficient (Wildman–Crippen LogP) is 4.96. The Hall–Kier alpha value is -3.71. The number of benzene rings is 3. The molecule has 1 aliphatic heterocycles. The van der Waals surface area contributed by atoms with E-state index in [-0.39, 0.29) is 11.9 Å². The molecule has 3 aromatic carbocycles. The van der Waals surface area contributed by atoms with Gasteiger partial charge in [0.2, 0.25) is 5.91 Å². The number of carbonyl (C=O) groups is 1. The number of ether oxygens (including phenoxy) is 4. The molecule has 38 heavy (non-hydrogen) atoms. The third-order valence-corrected chi connectivity index (χ3v) is 6.91. The Morgan fingerprint density at radius 3 is 2.32 bits per heavy atom. The molecule has 0 bridgehead atoms. The molecule has 1 atom stereocenters. The summed E-state index contributed by atoms with van der Waals surface area (Å²) in [6.07, 6.45) is 2.46. The van der Waals surface area contributed by atoms with E-state index in [0.29, 0.717) is 37.6 Å². The van der Waals surface area contributed by atoms with E-state index in [1.165, 1.54) is 5.56 Å². The van der Waals surface area contributed by atoms with Crippen LogP contribution in [0.1, 0.15) is 41.6 Å². The number of hydrogen-bond donors (Lipinski definition) is 1. The highest BCUT2D eigenvalue weighted by Crippen LogP contribution is 2.40. The summed E-state index contributed by atoms with van der Waals surface area (Å²) >= 11 is 0. The van der Waals surface area contributed by atoms with Gasteiger partial charge in [0.15, 0.2) is 23.0 Å². The molecule has 0 radical (unpaired) electrons. The van der Waals surface area contributed by atoms with Crippen molar-refractivity contribution in [2.45, 2.75) is 38.8 Å². The summed E-state index contributed by atoms with van der Waals surface area (Å²) in [5.41, 5.74) is 4.54. The lowest BCUT2D eigenvalue weighted by Gasteiger charge is -2.37. The normalized spacial score (nSPS) is 14.9. The number of amides is 1. The van der Waals surface area contributed by atoms with Crippen molar-refractivity contribution >= 4 is 5.91 Å². The van der Waals surface area contributed by atoms with E-state index in [1.54, 1.807) is 21.3 Å². The van der Waals surface area contributed by atoms with Gasteiger partial charge in [0, 0.05) is 19.1 Å². The molecular formula is C31H38N2O5. The van der Waals surface area contributed by atoms with E-state index in [4.69, 9.17) is 18.9 Å². The van der Waals surface area contributed by atoms with Crippen LogP contribution in [0.4, 0.5) is 0 Å². The molecule has 4 rings (SSSR count). The molecule has 7 heteroatoms. The number of fused-ring (bicyclic) bond motifs is 1. The summed E-state index contributed by atoms with van der Waals surface area (Å²) in [4.78, 5) is 15.3. The van der Waals surface area contributed by atoms with Crippen molar-refractivity contribution in [2.75, 3.05) is 41.0 Å². The van der Waals surface area contributed by atoms with Gasteiger partial charge in [0.25, 0.3) is 0 Å². The van der Waals surface area contributed by atoms with Crippen LogP contribution in [0.3, 0.4) is 0 Å². The molecule has 0 fully saturated rings. The summed E-state index contributed by atoms with van der Waals surface area (Å²) in [5.74, 6) is 2.87. The van der Waals surface area contributed by atoms with Crippen LogP contribution in [0.5, 0.6) is 23.0 Å². The lowest BCUT2D eigenvalue weighted by atomic mass is 9.88. The average Bonchev–Trinajstić information content (AvgIpc) is 2.96. The molecular weight excluding hydrogens is 480 g/mol. The third kappa shape index (κ3) is 6.58. The number of carbonyl (C=O) groups excluding carboxylic acids is 1. The highest BCUT2D eigenvalue weighted by atomic mass is 16.5. The number of rotatable bonds is 12. The standard InChI is InChI=1S/C31H38N2O5/c1-5-15-38-27-12-11-23(17-28(27)35-2)16-26-25-19-30(37-4)29(36-3)18-24(25)13-14-33(26)21-31(34)32-20-22-9-7-6-8-10-22/h6-12,17-19,26H,5,13-16,20-21H2,1-4H3,(H,32,34). The molecule has 1 unspecified atom stereocenters. The SMILES string of the molecule is CCCOc1ccc(CC2c3cc(OC)c(OC)cc3CCN2CC(=O)NCc2ccccc2)cc1OC. The third-order valence-electron chi connectivity index (χ3n) is 6.91. The fourth-order valence-corrected chi connectivity index (χ4v) is 4.94. The Kier molecular flexibility index (Phi) is 9.49. The van der Waals surface area contributed by atoms with Gasteiger partial charge in [-0.25, -0.2) is 0 Å². The minimum atomic E-state index is -0.0202. The van der Waals surface area contributed by atoms with Crippen LogP contribution in [0, 0.1) is 0 Å². The van der Waals surface area contributed by atoms with Crippen LogP contribution in [0.2, 0.25) is 0 Å². The van der Waals surface area contributed by atoms with E-state index in [9.17, 15) is 4.79 Å². The largest absolute Gasteiger partial charge is 0.493 e. The van der Waals surface area contributed by atoms with Gasteiger partial charge in [-0.1, -0.05) is 43.3 Å². The lowest BCUT2D eigenvalue weighted by molar-refractivity contribution is -0.123. The van der Waals surface area contributed by atoms with Gasteiger partial charge >= 0.3 is 0 Å². The Morgan fingerprint density at radius 1 is 0.895 bits per heavy atom. The van der Waals surface area contributed by atoms with Gasteiger partial charge in [-0.05, 0) is 65.8 Å². The Morgan fingerprint density at radius 2 is 1.61 bits per heavy atom. The maximum Gasteiger partial charge on any atom is 0.234 e. The molecule has 0 saturated heterocycles. The van der Waals surface area contributed by atoms with Crippen LogP contribution < -0.4 is 24.3 Å². The predicted molar refractivity (Wildman–Crippen MR) is 148 cm³/mol. The van der Waals surface area contributed by atoms with E-state index in [0.717, 1.165) is 47.6 Å². The topological polar surface area (TPSA) is 69.3 Å². The van der Waals surface area contributed by atoms with E-state index in [1.807, 2.05) is 42.5 Å². The fourth-order valence-electron chi connectivity index (χ4n) is 4.94. The second-order valence-corrected chi connectivity index (χ2v) is 9.44. The zero-order valence-electron chi connectivity index (χ0n) is 22.8. The minimum absolute atomic E-state index is 0.00340. The van der Waals surface area contributed by atoms with Crippen LogP contribution in [-0.4, -0.2) is 51.8 Å². The maximum atomic E-state index is 13.0. The van der Waals surface area contributed by atoms with Gasteiger partial charge in [-0.15, -0.1) is 0 Å². The van der Waals surface area contributed by atoms with Crippen molar-refractivity contribution in [3.05, 3.63) is 82.9 Å². The Labute approximate surface area is 225 Å². The molecule has 7 nitrogen and oxygen atoms in total. The Bertz CT molecular complexity index is 1210. The fraction of sp³-hybridized carbons (Fsp3) is 0.387. The molecule has 0 aromatic heterocycles. The zero-order chi connectivity index (χ0) is 26.9. The summed E-state index contributed by atoms with van der Waals surface area (Å²) in [5, 5.41) is 3.08. The number of nitrogens with zero attached hydrogens (tertiary/aromatic N) is 1. The van der Waals surface area contributed by atoms with E-state index >= 15 is 0 Å². The molecule has 1 heterocycles. The lowest BCUT2D eigenvalue weighted by Crippen LogP contribution is -2.43. The highest BCUT2D eigenvalue weighted by Gasteiger charge is 2.31. The molecule has 1 N–H and O–H groups in total. The molecule has 1 aliphatic rings. The number of methoxy groups -OCH3 is 3. The first-order valence-electron chi connectivity index (χ1n) is 13.1. The average molecular weight is 519 g/mol. The summed E-state index contributed by atoms with van der Waals surface area (Å²) in [7, 11) is 4.97. The summed E-state index contributed by atoms with van der Waals surface area (Å²) < 4.78 is 22.7. The van der Waals surface area contributed by atoms with Crippen molar-refractivity contribution in [3.63, 3.8) is 0 Å². The van der Waals surface area contributed by atoms with Crippen LogP contribution in [0.15, 0.2) is 60.7 Å². The zero-order valence-corrected chi connectivity index (χ0v) is 22.8. The summed E-state index contributed by atoms with van der Waals surface area (Å²) in [6, 6.07) is 20.2. The minimum Gasteiger partial charge on any atom is -0.493 e. The Balaban J connectivity index is 1.60. The van der Waals surface area contributed by atoms with Gasteiger partial charge < -0.3 is 24.3 Å². The number of hydrogen-bond acceptors (Lipinski definition) is 6. The first-order valence-corrected chi connectivity index (χ1v) is 13.1. The quantitative estimate of drug-likeness (QED) is 0.366. The van der Waals surface area contributed by atoms with Crippen molar-refractivity contribution in [2.24, 2.45) is 0 Å². The van der Waals surface area contributed by atoms with Gasteiger partial charge in [0.05, 0.1) is 34.5 Å². The van der Waals surface area contributed by atoms with Crippen LogP contribution in [0.25, 0.3) is 0 Å². The molecule has 1 amide bonds. The van der Waals surface area contributed by atoms with Gasteiger partial charge in [-0.2, -0.15) is 0 Å². The first-order chi connectivity index (χ1) is 18.6. The van der Waals surface area contributed by atoms with Crippen molar-refractivity contribution in [3.8, 4) is 23.0 Å². The maximum absolute atomic E-state index is 13.0. The second-order valence-electron chi connectivity index (χ2n) is 9.44. The smallest absolute Gasteiger partial charge is 0.234 e. The summed E-state index contributed by atoms with van der Waals surface area (Å²) in [6.45, 7) is 4.30. The highest BCUT2D eigenvalue weighted by molar-refractivity contribution is 5.78. The van der Waals surface area contributed by atoms with Crippen molar-refractivity contribution in [1.29, 1.82) is 0 Å². The number of nitrogens with one attached hydrogen (secondary N) is 1. The van der Waals surface area contributed by atoms with Crippen LogP contribution in [-0.2, 0) is 24.2 Å². The van der Waals surface area contributed by atoms with Gasteiger partial charge in [-0.3, -0.25) is 9.69 Å². The molecule has 0 saturated carbocycles. The molecule has 3 aromatic rings. The van der Waals surface area contributed by atoms with Crippen molar-refractivity contribution in [1.82, 2.24) is 10.2 Å². The van der Waals surface area contributed by atoms with Crippen LogP contribution >= 0.6 is 0 Å².